The minimum Gasteiger partial charge on any atom is -0.382 e. The van der Waals surface area contributed by atoms with Crippen LogP contribution in [0.3, 0.4) is 0 Å². The SMILES string of the molecule is C.[C-]#[N+]CCOP(OC[C@H]1O[C@@H](n2cc(C)c(NC(=O)c3ccccc3)nc2=O)[C@H](OCCOC)[C@@H]1C)N(C(C)C)C(C)C. The highest BCUT2D eigenvalue weighted by atomic mass is 31.2. The van der Waals surface area contributed by atoms with Crippen molar-refractivity contribution in [3.05, 3.63) is 69.6 Å². The summed E-state index contributed by atoms with van der Waals surface area (Å²) in [6, 6.07) is 9.05. The first-order valence-corrected chi connectivity index (χ1v) is 15.6. The van der Waals surface area contributed by atoms with Crippen LogP contribution in [-0.4, -0.2) is 84.5 Å². The van der Waals surface area contributed by atoms with E-state index in [2.05, 4.69) is 47.5 Å². The summed E-state index contributed by atoms with van der Waals surface area (Å²) >= 11 is 0. The van der Waals surface area contributed by atoms with Gasteiger partial charge in [0.1, 0.15) is 18.5 Å². The van der Waals surface area contributed by atoms with E-state index in [-0.39, 0.29) is 56.9 Å². The Bertz CT molecular complexity index is 1260. The standard InChI is InChI=1S/C30H44N5O7P.CH4/c1-20(2)35(21(3)4)43(40-15-14-31-7)41-19-25-23(6)26(39-17-16-38-8)29(42-25)34-18-22(5)27(33-30(34)37)32-28(36)24-12-10-9-11-13-24;/h9-13,18,20-21,23,25-26,29H,14-17,19H2,1-6,8H3,(H,32,33,36,37);1H4/t23-,25-,26-,29-,43?;/m1./s1. The topological polar surface area (TPSA) is 118 Å². The lowest BCUT2D eigenvalue weighted by atomic mass is 10.0. The van der Waals surface area contributed by atoms with Crippen LogP contribution in [0.25, 0.3) is 4.85 Å². The van der Waals surface area contributed by atoms with E-state index < -0.39 is 32.7 Å². The summed E-state index contributed by atoms with van der Waals surface area (Å²) in [5.74, 6) is -0.329. The van der Waals surface area contributed by atoms with Crippen LogP contribution in [-0.2, 0) is 23.3 Å². The number of rotatable bonds is 16. The Labute approximate surface area is 262 Å². The van der Waals surface area contributed by atoms with Gasteiger partial charge in [-0.2, -0.15) is 4.98 Å². The van der Waals surface area contributed by atoms with E-state index in [9.17, 15) is 9.59 Å². The number of carbonyl (C=O) groups excluding carboxylic acids is 1. The van der Waals surface area contributed by atoms with E-state index in [1.807, 2.05) is 13.0 Å². The van der Waals surface area contributed by atoms with Gasteiger partial charge in [-0.15, -0.1) is 0 Å². The van der Waals surface area contributed by atoms with Crippen molar-refractivity contribution in [2.75, 3.05) is 45.4 Å². The monoisotopic (exact) mass is 633 g/mol. The second kappa shape index (κ2) is 18.3. The van der Waals surface area contributed by atoms with E-state index in [0.717, 1.165) is 0 Å². The van der Waals surface area contributed by atoms with Gasteiger partial charge in [-0.25, -0.2) is 16.0 Å². The molecule has 0 aliphatic carbocycles. The lowest BCUT2D eigenvalue weighted by molar-refractivity contribution is -0.0785. The fourth-order valence-corrected chi connectivity index (χ4v) is 6.47. The molecule has 0 saturated carbocycles. The second-order valence-corrected chi connectivity index (χ2v) is 12.3. The number of carbonyl (C=O) groups is 1. The Morgan fingerprint density at radius 1 is 1.16 bits per heavy atom. The van der Waals surface area contributed by atoms with Gasteiger partial charge in [-0.1, -0.05) is 32.5 Å². The van der Waals surface area contributed by atoms with Crippen molar-refractivity contribution in [3.63, 3.8) is 0 Å². The maximum Gasteiger partial charge on any atom is 0.351 e. The molecule has 1 aromatic carbocycles. The van der Waals surface area contributed by atoms with Gasteiger partial charge < -0.3 is 33.4 Å². The van der Waals surface area contributed by atoms with Crippen LogP contribution >= 0.6 is 8.53 Å². The zero-order valence-electron chi connectivity index (χ0n) is 26.1. The normalized spacial score (nSPS) is 20.5. The molecule has 5 atom stereocenters. The van der Waals surface area contributed by atoms with Crippen molar-refractivity contribution in [2.45, 2.75) is 79.5 Å². The van der Waals surface area contributed by atoms with E-state index >= 15 is 0 Å². The van der Waals surface area contributed by atoms with E-state index in [4.69, 9.17) is 29.8 Å². The minimum absolute atomic E-state index is 0. The van der Waals surface area contributed by atoms with Gasteiger partial charge in [0.25, 0.3) is 14.4 Å². The summed E-state index contributed by atoms with van der Waals surface area (Å²) < 4.78 is 33.8. The van der Waals surface area contributed by atoms with Gasteiger partial charge in [0.05, 0.1) is 25.9 Å². The molecule has 1 fully saturated rings. The zero-order chi connectivity index (χ0) is 31.5. The van der Waals surface area contributed by atoms with Gasteiger partial charge in [0.2, 0.25) is 6.54 Å². The highest BCUT2D eigenvalue weighted by molar-refractivity contribution is 7.44. The zero-order valence-corrected chi connectivity index (χ0v) is 27.0. The van der Waals surface area contributed by atoms with Gasteiger partial charge in [0, 0.05) is 42.4 Å². The summed E-state index contributed by atoms with van der Waals surface area (Å²) in [5, 5.41) is 2.73. The highest BCUT2D eigenvalue weighted by Crippen LogP contribution is 2.47. The molecule has 1 amide bonds. The van der Waals surface area contributed by atoms with Crippen molar-refractivity contribution in [2.24, 2.45) is 5.92 Å². The van der Waals surface area contributed by atoms with E-state index in [0.29, 0.717) is 24.3 Å². The molecule has 0 spiro atoms. The summed E-state index contributed by atoms with van der Waals surface area (Å²) in [4.78, 5) is 33.6. The Morgan fingerprint density at radius 2 is 1.84 bits per heavy atom. The van der Waals surface area contributed by atoms with Gasteiger partial charge in [0.15, 0.2) is 6.23 Å². The molecular weight excluding hydrogens is 585 g/mol. The molecule has 1 N–H and O–H groups in total. The lowest BCUT2D eigenvalue weighted by Crippen LogP contribution is -2.36. The van der Waals surface area contributed by atoms with Crippen molar-refractivity contribution in [1.82, 2.24) is 14.2 Å². The Balaban J connectivity index is 0.00000675. The number of hydrogen-bond acceptors (Lipinski definition) is 9. The predicted molar refractivity (Wildman–Crippen MR) is 171 cm³/mol. The Morgan fingerprint density at radius 3 is 2.45 bits per heavy atom. The first kappa shape index (κ1) is 37.4. The third-order valence-corrected chi connectivity index (χ3v) is 9.05. The molecule has 1 aromatic heterocycles. The van der Waals surface area contributed by atoms with Crippen LogP contribution in [0.4, 0.5) is 5.82 Å². The molecule has 1 saturated heterocycles. The average molecular weight is 634 g/mol. The molecule has 12 nitrogen and oxygen atoms in total. The van der Waals surface area contributed by atoms with Crippen molar-refractivity contribution in [3.8, 4) is 0 Å². The number of aromatic nitrogens is 2. The largest absolute Gasteiger partial charge is 0.382 e. The molecule has 2 aromatic rings. The van der Waals surface area contributed by atoms with Crippen molar-refractivity contribution >= 4 is 20.3 Å². The van der Waals surface area contributed by atoms with Crippen LogP contribution in [0.15, 0.2) is 41.3 Å². The van der Waals surface area contributed by atoms with Crippen LogP contribution in [0.5, 0.6) is 0 Å². The molecule has 1 unspecified atom stereocenters. The Hall–Kier alpha value is -2.75. The number of anilines is 1. The van der Waals surface area contributed by atoms with Gasteiger partial charge in [-0.05, 0) is 46.8 Å². The van der Waals surface area contributed by atoms with Gasteiger partial charge in [-0.3, -0.25) is 9.36 Å². The quantitative estimate of drug-likeness (QED) is 0.149. The third-order valence-electron chi connectivity index (χ3n) is 6.98. The predicted octanol–water partition coefficient (Wildman–Crippen LogP) is 5.30. The molecule has 13 heteroatoms. The lowest BCUT2D eigenvalue weighted by Gasteiger charge is -2.36. The smallest absolute Gasteiger partial charge is 0.351 e. The van der Waals surface area contributed by atoms with Crippen LogP contribution < -0.4 is 11.0 Å². The first-order valence-electron chi connectivity index (χ1n) is 14.5. The number of hydrogen-bond donors (Lipinski definition) is 1. The number of benzene rings is 1. The van der Waals surface area contributed by atoms with Crippen LogP contribution in [0, 0.1) is 19.4 Å². The summed E-state index contributed by atoms with van der Waals surface area (Å²) in [5.41, 5.74) is 0.474. The second-order valence-electron chi connectivity index (χ2n) is 10.9. The molecule has 44 heavy (non-hydrogen) atoms. The molecule has 1 aliphatic rings. The summed E-state index contributed by atoms with van der Waals surface area (Å²) in [6.45, 7) is 20.6. The molecule has 0 radical (unpaired) electrons. The molecule has 244 valence electrons. The molecule has 3 rings (SSSR count). The van der Waals surface area contributed by atoms with Crippen LogP contribution in [0.1, 0.15) is 64.2 Å². The molecular formula is C31H48N5O7P. The molecule has 1 aliphatic heterocycles. The fraction of sp³-hybridized carbons (Fsp3) is 0.613. The fourth-order valence-electron chi connectivity index (χ4n) is 4.86. The van der Waals surface area contributed by atoms with Gasteiger partial charge >= 0.3 is 5.69 Å². The van der Waals surface area contributed by atoms with Crippen LogP contribution in [0.2, 0.25) is 0 Å². The summed E-state index contributed by atoms with van der Waals surface area (Å²) in [6.07, 6.45) is -0.0625. The first-order chi connectivity index (χ1) is 20.6. The highest BCUT2D eigenvalue weighted by Gasteiger charge is 2.45. The minimum atomic E-state index is -1.46. The van der Waals surface area contributed by atoms with Crippen molar-refractivity contribution in [1.29, 1.82) is 0 Å². The number of methoxy groups -OCH3 is 1. The molecule has 2 heterocycles. The number of amides is 1. The summed E-state index contributed by atoms with van der Waals surface area (Å²) in [7, 11) is 0.133. The van der Waals surface area contributed by atoms with E-state index in [1.165, 1.54) is 4.57 Å². The number of aryl methyl sites for hydroxylation is 1. The number of ether oxygens (including phenoxy) is 3. The maximum absolute atomic E-state index is 13.3. The third kappa shape index (κ3) is 9.88. The van der Waals surface area contributed by atoms with E-state index in [1.54, 1.807) is 44.5 Å². The average Bonchev–Trinajstić information content (AvgIpc) is 3.28. The van der Waals surface area contributed by atoms with Crippen molar-refractivity contribution < 1.29 is 28.1 Å². The number of nitrogens with zero attached hydrogens (tertiary/aromatic N) is 4. The number of nitrogens with one attached hydrogen (secondary N) is 1. The maximum atomic E-state index is 13.3. The Kier molecular flexibility index (Phi) is 15.5. The molecule has 0 bridgehead atoms.